The first-order chi connectivity index (χ1) is 9.41. The van der Waals surface area contributed by atoms with Crippen molar-refractivity contribution in [2.75, 3.05) is 32.9 Å². The van der Waals surface area contributed by atoms with Crippen LogP contribution in [-0.2, 0) is 4.74 Å². The molecular formula is C16H35NO2. The fourth-order valence-electron chi connectivity index (χ4n) is 2.17. The lowest BCUT2D eigenvalue weighted by Gasteiger charge is -2.05. The van der Waals surface area contributed by atoms with Crippen molar-refractivity contribution < 1.29 is 9.84 Å². The van der Waals surface area contributed by atoms with Gasteiger partial charge in [0.05, 0.1) is 19.8 Å². The van der Waals surface area contributed by atoms with E-state index in [1.165, 1.54) is 64.2 Å². The number of rotatable bonds is 16. The van der Waals surface area contributed by atoms with Gasteiger partial charge in [0.15, 0.2) is 0 Å². The highest BCUT2D eigenvalue weighted by atomic mass is 16.5. The highest BCUT2D eigenvalue weighted by Gasteiger charge is 1.93. The van der Waals surface area contributed by atoms with E-state index < -0.39 is 0 Å². The Kier molecular flexibility index (Phi) is 17.8. The van der Waals surface area contributed by atoms with Crippen LogP contribution in [0.25, 0.3) is 0 Å². The van der Waals surface area contributed by atoms with E-state index in [1.807, 2.05) is 0 Å². The van der Waals surface area contributed by atoms with Crippen LogP contribution in [-0.4, -0.2) is 38.0 Å². The first-order valence-electron chi connectivity index (χ1n) is 8.31. The van der Waals surface area contributed by atoms with Gasteiger partial charge in [0.2, 0.25) is 0 Å². The fraction of sp³-hybridized carbons (Fsp3) is 1.00. The number of aliphatic hydroxyl groups is 1. The minimum Gasteiger partial charge on any atom is -0.394 e. The molecule has 0 aliphatic carbocycles. The molecule has 2 N–H and O–H groups in total. The van der Waals surface area contributed by atoms with Crippen molar-refractivity contribution in [2.24, 2.45) is 0 Å². The van der Waals surface area contributed by atoms with Crippen molar-refractivity contribution in [3.8, 4) is 0 Å². The maximum Gasteiger partial charge on any atom is 0.0698 e. The highest BCUT2D eigenvalue weighted by molar-refractivity contribution is 4.50. The smallest absolute Gasteiger partial charge is 0.0698 e. The van der Waals surface area contributed by atoms with Gasteiger partial charge in [-0.05, 0) is 13.0 Å². The second-order valence-electron chi connectivity index (χ2n) is 5.27. The molecule has 0 aromatic carbocycles. The van der Waals surface area contributed by atoms with Crippen LogP contribution in [0.4, 0.5) is 0 Å². The molecule has 0 aromatic heterocycles. The van der Waals surface area contributed by atoms with E-state index in [-0.39, 0.29) is 6.61 Å². The summed E-state index contributed by atoms with van der Waals surface area (Å²) in [6.45, 7) is 5.56. The Hall–Kier alpha value is -0.120. The maximum absolute atomic E-state index is 8.52. The van der Waals surface area contributed by atoms with E-state index in [2.05, 4.69) is 12.2 Å². The highest BCUT2D eigenvalue weighted by Crippen LogP contribution is 2.10. The van der Waals surface area contributed by atoms with Crippen LogP contribution in [0.3, 0.4) is 0 Å². The van der Waals surface area contributed by atoms with Crippen LogP contribution in [0.1, 0.15) is 71.1 Å². The van der Waals surface area contributed by atoms with Gasteiger partial charge in [-0.15, -0.1) is 0 Å². The second-order valence-corrected chi connectivity index (χ2v) is 5.27. The SMILES string of the molecule is CCCCCCCCCCCCNCCOCCO. The largest absolute Gasteiger partial charge is 0.394 e. The number of unbranched alkanes of at least 4 members (excludes halogenated alkanes) is 9. The zero-order valence-corrected chi connectivity index (χ0v) is 13.0. The third kappa shape index (κ3) is 17.9. The van der Waals surface area contributed by atoms with Gasteiger partial charge in [0.1, 0.15) is 0 Å². The van der Waals surface area contributed by atoms with Gasteiger partial charge in [0.25, 0.3) is 0 Å². The van der Waals surface area contributed by atoms with Crippen LogP contribution in [0.15, 0.2) is 0 Å². The van der Waals surface area contributed by atoms with Gasteiger partial charge in [-0.3, -0.25) is 0 Å². The van der Waals surface area contributed by atoms with Gasteiger partial charge in [-0.25, -0.2) is 0 Å². The number of nitrogens with one attached hydrogen (secondary N) is 1. The standard InChI is InChI=1S/C16H35NO2/c1-2-3-4-5-6-7-8-9-10-11-12-17-13-15-19-16-14-18/h17-18H,2-16H2,1H3. The van der Waals surface area contributed by atoms with Gasteiger partial charge in [-0.2, -0.15) is 0 Å². The molecule has 0 heterocycles. The van der Waals surface area contributed by atoms with Gasteiger partial charge < -0.3 is 15.2 Å². The van der Waals surface area contributed by atoms with Gasteiger partial charge in [0, 0.05) is 6.54 Å². The molecule has 0 spiro atoms. The first-order valence-corrected chi connectivity index (χ1v) is 8.31. The lowest BCUT2D eigenvalue weighted by atomic mass is 10.1. The molecule has 19 heavy (non-hydrogen) atoms. The van der Waals surface area contributed by atoms with Crippen LogP contribution in [0, 0.1) is 0 Å². The molecular weight excluding hydrogens is 238 g/mol. The molecule has 0 aliphatic rings. The molecule has 0 rings (SSSR count). The zero-order valence-electron chi connectivity index (χ0n) is 13.0. The fourth-order valence-corrected chi connectivity index (χ4v) is 2.17. The van der Waals surface area contributed by atoms with Crippen molar-refractivity contribution in [1.82, 2.24) is 5.32 Å². The molecule has 0 saturated carbocycles. The van der Waals surface area contributed by atoms with E-state index in [1.54, 1.807) is 0 Å². The van der Waals surface area contributed by atoms with Crippen molar-refractivity contribution in [3.05, 3.63) is 0 Å². The summed E-state index contributed by atoms with van der Waals surface area (Å²) in [5.41, 5.74) is 0. The molecule has 3 heteroatoms. The molecule has 0 aliphatic heterocycles. The Morgan fingerprint density at radius 2 is 1.32 bits per heavy atom. The minimum absolute atomic E-state index is 0.123. The van der Waals surface area contributed by atoms with E-state index in [9.17, 15) is 0 Å². The Morgan fingerprint density at radius 1 is 0.737 bits per heavy atom. The third-order valence-corrected chi connectivity index (χ3v) is 3.37. The monoisotopic (exact) mass is 273 g/mol. The van der Waals surface area contributed by atoms with Crippen molar-refractivity contribution >= 4 is 0 Å². The minimum atomic E-state index is 0.123. The number of hydrogen-bond acceptors (Lipinski definition) is 3. The van der Waals surface area contributed by atoms with Crippen molar-refractivity contribution in [2.45, 2.75) is 71.1 Å². The average molecular weight is 273 g/mol. The summed E-state index contributed by atoms with van der Waals surface area (Å²) >= 11 is 0. The van der Waals surface area contributed by atoms with Gasteiger partial charge >= 0.3 is 0 Å². The summed E-state index contributed by atoms with van der Waals surface area (Å²) < 4.78 is 5.17. The van der Waals surface area contributed by atoms with Crippen molar-refractivity contribution in [3.63, 3.8) is 0 Å². The Bertz CT molecular complexity index is 138. The number of aliphatic hydroxyl groups excluding tert-OH is 1. The molecule has 0 bridgehead atoms. The van der Waals surface area contributed by atoms with Gasteiger partial charge in [-0.1, -0.05) is 64.7 Å². The number of hydrogen-bond donors (Lipinski definition) is 2. The zero-order chi connectivity index (χ0) is 14.0. The van der Waals surface area contributed by atoms with Crippen LogP contribution in [0.5, 0.6) is 0 Å². The maximum atomic E-state index is 8.52. The molecule has 0 fully saturated rings. The predicted molar refractivity (Wildman–Crippen MR) is 82.6 cm³/mol. The van der Waals surface area contributed by atoms with E-state index in [0.29, 0.717) is 13.2 Å². The van der Waals surface area contributed by atoms with E-state index >= 15 is 0 Å². The summed E-state index contributed by atoms with van der Waals surface area (Å²) in [4.78, 5) is 0. The van der Waals surface area contributed by atoms with Crippen LogP contribution >= 0.6 is 0 Å². The Balaban J connectivity index is 2.88. The van der Waals surface area contributed by atoms with E-state index in [4.69, 9.17) is 9.84 Å². The summed E-state index contributed by atoms with van der Waals surface area (Å²) in [6.07, 6.45) is 13.9. The number of ether oxygens (including phenoxy) is 1. The molecule has 116 valence electrons. The molecule has 0 aromatic rings. The normalized spacial score (nSPS) is 11.1. The Morgan fingerprint density at radius 3 is 1.89 bits per heavy atom. The molecule has 0 radical (unpaired) electrons. The van der Waals surface area contributed by atoms with Crippen LogP contribution < -0.4 is 5.32 Å². The molecule has 0 unspecified atom stereocenters. The summed E-state index contributed by atoms with van der Waals surface area (Å²) in [5.74, 6) is 0. The van der Waals surface area contributed by atoms with Crippen LogP contribution in [0.2, 0.25) is 0 Å². The Labute approximate surface area is 120 Å². The molecule has 3 nitrogen and oxygen atoms in total. The molecule has 0 saturated heterocycles. The average Bonchev–Trinajstić information content (AvgIpc) is 2.43. The third-order valence-electron chi connectivity index (χ3n) is 3.37. The quantitative estimate of drug-likeness (QED) is 0.423. The lowest BCUT2D eigenvalue weighted by Crippen LogP contribution is -2.21. The first kappa shape index (κ1) is 18.9. The summed E-state index contributed by atoms with van der Waals surface area (Å²) in [6, 6.07) is 0. The topological polar surface area (TPSA) is 41.5 Å². The second kappa shape index (κ2) is 17.9. The lowest BCUT2D eigenvalue weighted by molar-refractivity contribution is 0.0939. The molecule has 0 amide bonds. The van der Waals surface area contributed by atoms with E-state index in [0.717, 1.165) is 13.1 Å². The predicted octanol–water partition coefficient (Wildman–Crippen LogP) is 3.51. The molecule has 0 atom stereocenters. The summed E-state index contributed by atoms with van der Waals surface area (Å²) in [7, 11) is 0. The van der Waals surface area contributed by atoms with Crippen molar-refractivity contribution in [1.29, 1.82) is 0 Å². The summed E-state index contributed by atoms with van der Waals surface area (Å²) in [5, 5.41) is 11.9.